The maximum absolute atomic E-state index is 3.55. The monoisotopic (exact) mass is 269 g/mol. The number of likely N-dealkylation sites (tertiary alicyclic amines) is 1. The molecule has 1 aliphatic heterocycles. The molecule has 0 aromatic carbocycles. The van der Waals surface area contributed by atoms with Crippen molar-refractivity contribution in [1.82, 2.24) is 15.1 Å². The molecule has 0 radical (unpaired) electrons. The first-order valence-corrected chi connectivity index (χ1v) is 8.08. The van der Waals surface area contributed by atoms with Crippen LogP contribution in [0.15, 0.2) is 0 Å². The molecule has 0 amide bonds. The minimum Gasteiger partial charge on any atom is -0.316 e. The highest BCUT2D eigenvalue weighted by atomic mass is 15.1. The average molecular weight is 269 g/mol. The fraction of sp³-hybridized carbons (Fsp3) is 1.00. The normalized spacial score (nSPS) is 20.4. The highest BCUT2D eigenvalue weighted by Crippen LogP contribution is 2.18. The third kappa shape index (κ3) is 7.28. The van der Waals surface area contributed by atoms with Crippen LogP contribution in [0.25, 0.3) is 0 Å². The Morgan fingerprint density at radius 2 is 1.84 bits per heavy atom. The minimum atomic E-state index is 0.694. The summed E-state index contributed by atoms with van der Waals surface area (Å²) in [6, 6.07) is 0.694. The Morgan fingerprint density at radius 1 is 1.21 bits per heavy atom. The van der Waals surface area contributed by atoms with Gasteiger partial charge < -0.3 is 15.1 Å². The van der Waals surface area contributed by atoms with E-state index in [9.17, 15) is 0 Å². The van der Waals surface area contributed by atoms with Crippen LogP contribution in [0.1, 0.15) is 40.0 Å². The second-order valence-electron chi connectivity index (χ2n) is 6.92. The largest absolute Gasteiger partial charge is 0.316 e. The average Bonchev–Trinajstić information content (AvgIpc) is 2.36. The highest BCUT2D eigenvalue weighted by Gasteiger charge is 2.19. The molecule has 1 saturated heterocycles. The number of rotatable bonds is 8. The van der Waals surface area contributed by atoms with Crippen molar-refractivity contribution in [3.8, 4) is 0 Å². The number of nitrogens with zero attached hydrogens (tertiary/aromatic N) is 2. The molecule has 1 N–H and O–H groups in total. The zero-order valence-electron chi connectivity index (χ0n) is 13.8. The Labute approximate surface area is 120 Å². The second kappa shape index (κ2) is 8.93. The van der Waals surface area contributed by atoms with E-state index in [1.54, 1.807) is 0 Å². The smallest absolute Gasteiger partial charge is 0.00760 e. The predicted octanol–water partition coefficient (Wildman–Crippen LogP) is 2.28. The molecule has 0 bridgehead atoms. The molecule has 0 spiro atoms. The van der Waals surface area contributed by atoms with Gasteiger partial charge in [0, 0.05) is 12.6 Å². The molecule has 1 atom stereocenters. The quantitative estimate of drug-likeness (QED) is 0.682. The fourth-order valence-electron chi connectivity index (χ4n) is 2.75. The van der Waals surface area contributed by atoms with Crippen molar-refractivity contribution < 1.29 is 0 Å². The Morgan fingerprint density at radius 3 is 2.42 bits per heavy atom. The van der Waals surface area contributed by atoms with Crippen molar-refractivity contribution in [2.75, 3.05) is 46.8 Å². The Balaban J connectivity index is 2.12. The summed E-state index contributed by atoms with van der Waals surface area (Å²) in [7, 11) is 4.54. The molecule has 1 rings (SSSR count). The number of hydrogen-bond donors (Lipinski definition) is 1. The number of nitrogens with one attached hydrogen (secondary N) is 1. The van der Waals surface area contributed by atoms with Crippen molar-refractivity contribution in [1.29, 1.82) is 0 Å². The molecule has 0 saturated carbocycles. The van der Waals surface area contributed by atoms with Crippen molar-refractivity contribution in [2.45, 2.75) is 46.1 Å². The van der Waals surface area contributed by atoms with E-state index in [2.05, 4.69) is 50.0 Å². The fourth-order valence-corrected chi connectivity index (χ4v) is 2.75. The first-order chi connectivity index (χ1) is 8.99. The topological polar surface area (TPSA) is 18.5 Å². The van der Waals surface area contributed by atoms with Crippen molar-refractivity contribution in [2.24, 2.45) is 11.8 Å². The van der Waals surface area contributed by atoms with Gasteiger partial charge in [0.05, 0.1) is 0 Å². The van der Waals surface area contributed by atoms with Gasteiger partial charge in [0.15, 0.2) is 0 Å². The Kier molecular flexibility index (Phi) is 7.96. The minimum absolute atomic E-state index is 0.694. The molecule has 1 fully saturated rings. The predicted molar refractivity (Wildman–Crippen MR) is 84.6 cm³/mol. The first kappa shape index (κ1) is 16.9. The molecule has 0 aliphatic carbocycles. The van der Waals surface area contributed by atoms with Crippen LogP contribution in [-0.2, 0) is 0 Å². The lowest BCUT2D eigenvalue weighted by Gasteiger charge is -2.34. The van der Waals surface area contributed by atoms with E-state index in [-0.39, 0.29) is 0 Å². The van der Waals surface area contributed by atoms with Crippen LogP contribution >= 0.6 is 0 Å². The third-order valence-electron chi connectivity index (χ3n) is 4.43. The van der Waals surface area contributed by atoms with E-state index >= 15 is 0 Å². The summed E-state index contributed by atoms with van der Waals surface area (Å²) in [4.78, 5) is 5.02. The maximum Gasteiger partial charge on any atom is 0.00760 e. The van der Waals surface area contributed by atoms with E-state index < -0.39 is 0 Å². The maximum atomic E-state index is 3.55. The van der Waals surface area contributed by atoms with Crippen LogP contribution < -0.4 is 5.32 Å². The van der Waals surface area contributed by atoms with Crippen LogP contribution in [0.2, 0.25) is 0 Å². The lowest BCUT2D eigenvalue weighted by Crippen LogP contribution is -2.39. The second-order valence-corrected chi connectivity index (χ2v) is 6.92. The van der Waals surface area contributed by atoms with Crippen LogP contribution in [0, 0.1) is 11.8 Å². The first-order valence-electron chi connectivity index (χ1n) is 8.08. The van der Waals surface area contributed by atoms with E-state index in [0.29, 0.717) is 6.04 Å². The SMILES string of the molecule is CC(C)CNCCC(C)N(C)CC1CCN(C)CC1. The summed E-state index contributed by atoms with van der Waals surface area (Å²) in [6.07, 6.45) is 4.01. The van der Waals surface area contributed by atoms with Gasteiger partial charge in [-0.3, -0.25) is 0 Å². The summed E-state index contributed by atoms with van der Waals surface area (Å²) in [5, 5.41) is 3.55. The lowest BCUT2D eigenvalue weighted by molar-refractivity contribution is 0.151. The van der Waals surface area contributed by atoms with Gasteiger partial charge in [0.1, 0.15) is 0 Å². The summed E-state index contributed by atoms with van der Waals surface area (Å²) in [6.45, 7) is 13.0. The summed E-state index contributed by atoms with van der Waals surface area (Å²) >= 11 is 0. The standard InChI is InChI=1S/C16H35N3/c1-14(2)12-17-9-6-15(3)19(5)13-16-7-10-18(4)11-8-16/h14-17H,6-13H2,1-5H3. The molecule has 3 nitrogen and oxygen atoms in total. The molecule has 1 aliphatic rings. The molecule has 0 aromatic rings. The molecule has 1 unspecified atom stereocenters. The Bertz CT molecular complexity index is 222. The molecule has 114 valence electrons. The molecule has 19 heavy (non-hydrogen) atoms. The van der Waals surface area contributed by atoms with Gasteiger partial charge in [0.25, 0.3) is 0 Å². The molecule has 1 heterocycles. The molecule has 0 aromatic heterocycles. The lowest BCUT2D eigenvalue weighted by atomic mass is 9.96. The van der Waals surface area contributed by atoms with Crippen molar-refractivity contribution in [3.05, 3.63) is 0 Å². The third-order valence-corrected chi connectivity index (χ3v) is 4.43. The number of piperidine rings is 1. The molecular weight excluding hydrogens is 234 g/mol. The van der Waals surface area contributed by atoms with Crippen LogP contribution in [0.5, 0.6) is 0 Å². The van der Waals surface area contributed by atoms with E-state index in [0.717, 1.165) is 24.9 Å². The van der Waals surface area contributed by atoms with E-state index in [1.165, 1.54) is 38.9 Å². The Hall–Kier alpha value is -0.120. The van der Waals surface area contributed by atoms with Crippen LogP contribution in [-0.4, -0.2) is 62.7 Å². The van der Waals surface area contributed by atoms with Gasteiger partial charge in [0.2, 0.25) is 0 Å². The molecule has 3 heteroatoms. The highest BCUT2D eigenvalue weighted by molar-refractivity contribution is 4.75. The zero-order chi connectivity index (χ0) is 14.3. The van der Waals surface area contributed by atoms with Gasteiger partial charge in [-0.15, -0.1) is 0 Å². The van der Waals surface area contributed by atoms with Crippen molar-refractivity contribution in [3.63, 3.8) is 0 Å². The van der Waals surface area contributed by atoms with E-state index in [1.807, 2.05) is 0 Å². The van der Waals surface area contributed by atoms with Gasteiger partial charge in [-0.05, 0) is 78.3 Å². The van der Waals surface area contributed by atoms with Crippen LogP contribution in [0.3, 0.4) is 0 Å². The zero-order valence-corrected chi connectivity index (χ0v) is 13.8. The summed E-state index contributed by atoms with van der Waals surface area (Å²) < 4.78 is 0. The van der Waals surface area contributed by atoms with Gasteiger partial charge >= 0.3 is 0 Å². The molecular formula is C16H35N3. The van der Waals surface area contributed by atoms with E-state index in [4.69, 9.17) is 0 Å². The van der Waals surface area contributed by atoms with Crippen LogP contribution in [0.4, 0.5) is 0 Å². The summed E-state index contributed by atoms with van der Waals surface area (Å²) in [5.41, 5.74) is 0. The van der Waals surface area contributed by atoms with Crippen molar-refractivity contribution >= 4 is 0 Å². The van der Waals surface area contributed by atoms with Gasteiger partial charge in [-0.2, -0.15) is 0 Å². The summed E-state index contributed by atoms with van der Waals surface area (Å²) in [5.74, 6) is 1.67. The van der Waals surface area contributed by atoms with Gasteiger partial charge in [-0.1, -0.05) is 13.8 Å². The van der Waals surface area contributed by atoms with Gasteiger partial charge in [-0.25, -0.2) is 0 Å². The number of hydrogen-bond acceptors (Lipinski definition) is 3.